The van der Waals surface area contributed by atoms with Crippen LogP contribution >= 0.6 is 27.5 Å². The zero-order valence-electron chi connectivity index (χ0n) is 8.35. The first-order valence-electron chi connectivity index (χ1n) is 4.48. The monoisotopic (exact) mass is 330 g/mol. The molecule has 0 aliphatic carbocycles. The molecule has 0 saturated carbocycles. The number of carbonyl (C=O) groups is 1. The van der Waals surface area contributed by atoms with Crippen molar-refractivity contribution in [2.45, 2.75) is 12.8 Å². The lowest BCUT2D eigenvalue weighted by atomic mass is 10.1. The van der Waals surface area contributed by atoms with Crippen LogP contribution in [0, 0.1) is 0 Å². The van der Waals surface area contributed by atoms with Crippen molar-refractivity contribution in [3.05, 3.63) is 28.2 Å². The summed E-state index contributed by atoms with van der Waals surface area (Å²) in [5.74, 6) is -0.665. The van der Waals surface area contributed by atoms with Gasteiger partial charge in [0.25, 0.3) is 0 Å². The van der Waals surface area contributed by atoms with Gasteiger partial charge in [-0.15, -0.1) is 24.8 Å². The highest BCUT2D eigenvalue weighted by atomic mass is 79.9. The molecule has 0 spiro atoms. The van der Waals surface area contributed by atoms with Crippen LogP contribution in [-0.4, -0.2) is 18.0 Å². The lowest BCUT2D eigenvalue weighted by Gasteiger charge is -2.11. The number of ketones is 1. The van der Waals surface area contributed by atoms with Crippen LogP contribution in [0.25, 0.3) is 0 Å². The third kappa shape index (κ3) is 4.55. The summed E-state index contributed by atoms with van der Waals surface area (Å²) in [7, 11) is 0. The molecule has 2 nitrogen and oxygen atoms in total. The maximum atomic E-state index is 12.1. The van der Waals surface area contributed by atoms with Crippen LogP contribution in [0.4, 0.5) is 13.2 Å². The predicted molar refractivity (Wildman–Crippen MR) is 60.5 cm³/mol. The Labute approximate surface area is 109 Å². The zero-order valence-corrected chi connectivity index (χ0v) is 10.7. The summed E-state index contributed by atoms with van der Waals surface area (Å²) in [5, 5.41) is 0. The molecule has 0 amide bonds. The van der Waals surface area contributed by atoms with Gasteiger partial charge < -0.3 is 4.74 Å². The van der Waals surface area contributed by atoms with Crippen LogP contribution in [0.15, 0.2) is 22.7 Å². The largest absolute Gasteiger partial charge is 0.573 e. The first-order chi connectivity index (χ1) is 7.83. The van der Waals surface area contributed by atoms with E-state index >= 15 is 0 Å². The van der Waals surface area contributed by atoms with E-state index in [0.29, 0.717) is 0 Å². The number of hydrogen-bond donors (Lipinski definition) is 0. The SMILES string of the molecule is O=C(CCCl)c1ccc(Br)c(OC(F)(F)F)c1. The fourth-order valence-electron chi connectivity index (χ4n) is 1.11. The lowest BCUT2D eigenvalue weighted by molar-refractivity contribution is -0.274. The number of Topliss-reactive ketones (excluding diaryl/α,β-unsaturated/α-hetero) is 1. The van der Waals surface area contributed by atoms with E-state index in [1.54, 1.807) is 0 Å². The van der Waals surface area contributed by atoms with Crippen LogP contribution in [0.1, 0.15) is 16.8 Å². The van der Waals surface area contributed by atoms with Crippen molar-refractivity contribution < 1.29 is 22.7 Å². The molecule has 0 heterocycles. The topological polar surface area (TPSA) is 26.3 Å². The molecule has 0 aliphatic heterocycles. The normalized spacial score (nSPS) is 11.4. The van der Waals surface area contributed by atoms with Gasteiger partial charge in [0.05, 0.1) is 4.47 Å². The fourth-order valence-corrected chi connectivity index (χ4v) is 1.61. The highest BCUT2D eigenvalue weighted by Gasteiger charge is 2.32. The standard InChI is InChI=1S/C10H7BrClF3O2/c11-7-2-1-6(8(16)3-4-12)5-9(7)17-10(13,14)15/h1-2,5H,3-4H2. The molecule has 0 N–H and O–H groups in total. The number of benzene rings is 1. The Morgan fingerprint density at radius 2 is 2.06 bits per heavy atom. The Hall–Kier alpha value is -0.750. The van der Waals surface area contributed by atoms with E-state index in [1.807, 2.05) is 0 Å². The van der Waals surface area contributed by atoms with Crippen LogP contribution in [-0.2, 0) is 0 Å². The number of rotatable bonds is 4. The Balaban J connectivity index is 2.98. The minimum Gasteiger partial charge on any atom is -0.405 e. The minimum atomic E-state index is -4.79. The highest BCUT2D eigenvalue weighted by molar-refractivity contribution is 9.10. The van der Waals surface area contributed by atoms with Gasteiger partial charge in [-0.25, -0.2) is 0 Å². The Morgan fingerprint density at radius 1 is 1.41 bits per heavy atom. The van der Waals surface area contributed by atoms with Crippen molar-refractivity contribution >= 4 is 33.3 Å². The molecule has 0 radical (unpaired) electrons. The molecule has 1 rings (SSSR count). The lowest BCUT2D eigenvalue weighted by Crippen LogP contribution is -2.17. The van der Waals surface area contributed by atoms with E-state index < -0.39 is 12.1 Å². The van der Waals surface area contributed by atoms with Crippen LogP contribution in [0.5, 0.6) is 5.75 Å². The second-order valence-electron chi connectivity index (χ2n) is 3.06. The van der Waals surface area contributed by atoms with E-state index in [0.717, 1.165) is 6.07 Å². The molecule has 0 atom stereocenters. The molecule has 0 aliphatic rings. The third-order valence-electron chi connectivity index (χ3n) is 1.80. The summed E-state index contributed by atoms with van der Waals surface area (Å²) in [6, 6.07) is 3.76. The smallest absolute Gasteiger partial charge is 0.405 e. The average Bonchev–Trinajstić information content (AvgIpc) is 2.19. The molecule has 0 unspecified atom stereocenters. The predicted octanol–water partition coefficient (Wildman–Crippen LogP) is 4.16. The quantitative estimate of drug-likeness (QED) is 0.612. The second-order valence-corrected chi connectivity index (χ2v) is 4.29. The molecular formula is C10H7BrClF3O2. The van der Waals surface area contributed by atoms with Crippen LogP contribution < -0.4 is 4.74 Å². The second kappa shape index (κ2) is 5.73. The van der Waals surface area contributed by atoms with Gasteiger partial charge >= 0.3 is 6.36 Å². The van der Waals surface area contributed by atoms with Gasteiger partial charge in [0.2, 0.25) is 0 Å². The van der Waals surface area contributed by atoms with Crippen LogP contribution in [0.3, 0.4) is 0 Å². The van der Waals surface area contributed by atoms with Crippen molar-refractivity contribution in [3.63, 3.8) is 0 Å². The summed E-state index contributed by atoms with van der Waals surface area (Å²) in [4.78, 5) is 11.4. The summed E-state index contributed by atoms with van der Waals surface area (Å²) in [5.41, 5.74) is 0.133. The Kier molecular flexibility index (Phi) is 4.82. The zero-order chi connectivity index (χ0) is 13.1. The molecule has 1 aromatic carbocycles. The van der Waals surface area contributed by atoms with Crippen molar-refractivity contribution in [1.82, 2.24) is 0 Å². The molecule has 7 heteroatoms. The summed E-state index contributed by atoms with van der Waals surface area (Å²) in [6.45, 7) is 0. The van der Waals surface area contributed by atoms with Gasteiger partial charge in [-0.2, -0.15) is 0 Å². The van der Waals surface area contributed by atoms with Gasteiger partial charge in [-0.05, 0) is 28.1 Å². The van der Waals surface area contributed by atoms with E-state index in [1.165, 1.54) is 12.1 Å². The molecule has 1 aromatic rings. The van der Waals surface area contributed by atoms with E-state index in [9.17, 15) is 18.0 Å². The molecule has 0 saturated heterocycles. The van der Waals surface area contributed by atoms with Crippen molar-refractivity contribution in [2.75, 3.05) is 5.88 Å². The summed E-state index contributed by atoms with van der Waals surface area (Å²) >= 11 is 8.29. The molecule has 17 heavy (non-hydrogen) atoms. The Bertz CT molecular complexity index is 421. The van der Waals surface area contributed by atoms with E-state index in [-0.39, 0.29) is 28.1 Å². The van der Waals surface area contributed by atoms with Crippen LogP contribution in [0.2, 0.25) is 0 Å². The maximum absolute atomic E-state index is 12.1. The minimum absolute atomic E-state index is 0.0641. The molecule has 0 bridgehead atoms. The molecule has 0 fully saturated rings. The van der Waals surface area contributed by atoms with Gasteiger partial charge in [0.1, 0.15) is 5.75 Å². The third-order valence-corrected chi connectivity index (χ3v) is 2.64. The number of hydrogen-bond acceptors (Lipinski definition) is 2. The van der Waals surface area contributed by atoms with Crippen molar-refractivity contribution in [3.8, 4) is 5.75 Å². The molecule has 94 valence electrons. The van der Waals surface area contributed by atoms with E-state index in [4.69, 9.17) is 11.6 Å². The number of ether oxygens (including phenoxy) is 1. The number of halogens is 5. The molecule has 0 aromatic heterocycles. The van der Waals surface area contributed by atoms with Gasteiger partial charge in [0.15, 0.2) is 5.78 Å². The number of carbonyl (C=O) groups excluding carboxylic acids is 1. The van der Waals surface area contributed by atoms with Gasteiger partial charge in [-0.3, -0.25) is 4.79 Å². The van der Waals surface area contributed by atoms with Crippen molar-refractivity contribution in [1.29, 1.82) is 0 Å². The van der Waals surface area contributed by atoms with Gasteiger partial charge in [-0.1, -0.05) is 6.07 Å². The number of alkyl halides is 4. The highest BCUT2D eigenvalue weighted by Crippen LogP contribution is 2.31. The first-order valence-corrected chi connectivity index (χ1v) is 5.80. The Morgan fingerprint density at radius 3 is 2.59 bits per heavy atom. The fraction of sp³-hybridized carbons (Fsp3) is 0.300. The maximum Gasteiger partial charge on any atom is 0.573 e. The average molecular weight is 332 g/mol. The van der Waals surface area contributed by atoms with E-state index in [2.05, 4.69) is 20.7 Å². The van der Waals surface area contributed by atoms with Gasteiger partial charge in [0, 0.05) is 17.9 Å². The summed E-state index contributed by atoms with van der Waals surface area (Å²) in [6.07, 6.45) is -4.73. The summed E-state index contributed by atoms with van der Waals surface area (Å²) < 4.78 is 40.1. The molecular weight excluding hydrogens is 324 g/mol. The first kappa shape index (κ1) is 14.3. The van der Waals surface area contributed by atoms with Crippen molar-refractivity contribution in [2.24, 2.45) is 0 Å².